The maximum Gasteiger partial charge on any atom is 0.263 e. The Kier molecular flexibility index (Phi) is 5.13. The lowest BCUT2D eigenvalue weighted by atomic mass is 9.90. The third-order valence-electron chi connectivity index (χ3n) is 5.03. The van der Waals surface area contributed by atoms with E-state index in [1.54, 1.807) is 19.9 Å². The largest absolute Gasteiger partial charge is 0.478 e. The molecule has 2 aliphatic rings. The number of nitrogens with one attached hydrogen (secondary N) is 1. The van der Waals surface area contributed by atoms with Gasteiger partial charge in [0.2, 0.25) is 0 Å². The van der Waals surface area contributed by atoms with Gasteiger partial charge in [0.25, 0.3) is 5.91 Å². The molecule has 1 fully saturated rings. The molecule has 2 atom stereocenters. The molecule has 3 rings (SSSR count). The van der Waals surface area contributed by atoms with Crippen LogP contribution >= 0.6 is 0 Å². The number of amides is 1. The van der Waals surface area contributed by atoms with Crippen molar-refractivity contribution in [1.82, 2.24) is 5.32 Å². The molecule has 0 radical (unpaired) electrons. The molecule has 5 heteroatoms. The van der Waals surface area contributed by atoms with Crippen LogP contribution in [0.5, 0.6) is 5.75 Å². The monoisotopic (exact) mass is 345 g/mol. The second kappa shape index (κ2) is 7.16. The lowest BCUT2D eigenvalue weighted by Gasteiger charge is -2.29. The van der Waals surface area contributed by atoms with E-state index in [9.17, 15) is 9.59 Å². The van der Waals surface area contributed by atoms with Crippen LogP contribution in [0.1, 0.15) is 62.4 Å². The predicted molar refractivity (Wildman–Crippen MR) is 95.0 cm³/mol. The average molecular weight is 345 g/mol. The summed E-state index contributed by atoms with van der Waals surface area (Å²) in [5.41, 5.74) is 0.797. The lowest BCUT2D eigenvalue weighted by molar-refractivity contribution is -0.135. The normalized spacial score (nSPS) is 21.6. The maximum atomic E-state index is 12.6. The van der Waals surface area contributed by atoms with Gasteiger partial charge in [-0.05, 0) is 70.2 Å². The first-order chi connectivity index (χ1) is 11.9. The minimum absolute atomic E-state index is 0.0426. The lowest BCUT2D eigenvalue weighted by Crippen LogP contribution is -2.52. The van der Waals surface area contributed by atoms with Crippen LogP contribution in [0.3, 0.4) is 0 Å². The Balaban J connectivity index is 1.66. The van der Waals surface area contributed by atoms with Gasteiger partial charge in [-0.15, -0.1) is 0 Å². The summed E-state index contributed by atoms with van der Waals surface area (Å²) >= 11 is 0. The van der Waals surface area contributed by atoms with Gasteiger partial charge in [0, 0.05) is 18.6 Å². The molecule has 25 heavy (non-hydrogen) atoms. The smallest absolute Gasteiger partial charge is 0.263 e. The molecule has 0 spiro atoms. The Bertz CT molecular complexity index is 662. The van der Waals surface area contributed by atoms with E-state index in [0.29, 0.717) is 12.2 Å². The minimum Gasteiger partial charge on any atom is -0.478 e. The number of aryl methyl sites for hydroxylation is 1. The van der Waals surface area contributed by atoms with Crippen LogP contribution in [0, 0.1) is 0 Å². The first-order valence-corrected chi connectivity index (χ1v) is 9.14. The van der Waals surface area contributed by atoms with Crippen molar-refractivity contribution in [2.45, 2.75) is 70.6 Å². The number of hydrogen-bond acceptors (Lipinski definition) is 4. The van der Waals surface area contributed by atoms with Crippen LogP contribution in [-0.2, 0) is 16.0 Å². The molecule has 1 amide bonds. The fourth-order valence-corrected chi connectivity index (χ4v) is 3.50. The van der Waals surface area contributed by atoms with Gasteiger partial charge >= 0.3 is 0 Å². The van der Waals surface area contributed by atoms with E-state index in [2.05, 4.69) is 5.32 Å². The summed E-state index contributed by atoms with van der Waals surface area (Å²) in [7, 11) is 0. The molecule has 1 heterocycles. The molecule has 1 N–H and O–H groups in total. The Morgan fingerprint density at radius 3 is 2.84 bits per heavy atom. The van der Waals surface area contributed by atoms with Crippen LogP contribution in [0.4, 0.5) is 0 Å². The number of carbonyl (C=O) groups excluding carboxylic acids is 2. The number of ether oxygens (including phenoxy) is 2. The van der Waals surface area contributed by atoms with E-state index >= 15 is 0 Å². The van der Waals surface area contributed by atoms with E-state index in [1.165, 1.54) is 0 Å². The molecular formula is C20H27NO4. The van der Waals surface area contributed by atoms with Gasteiger partial charge in [0.15, 0.2) is 11.4 Å². The zero-order valence-electron chi connectivity index (χ0n) is 15.3. The molecule has 0 saturated carbocycles. The van der Waals surface area contributed by atoms with Gasteiger partial charge < -0.3 is 14.8 Å². The Morgan fingerprint density at radius 1 is 1.32 bits per heavy atom. The van der Waals surface area contributed by atoms with Gasteiger partial charge in [0.1, 0.15) is 5.75 Å². The summed E-state index contributed by atoms with van der Waals surface area (Å²) in [5, 5.41) is 3.01. The van der Waals surface area contributed by atoms with Gasteiger partial charge in [0.05, 0.1) is 12.1 Å². The Hall–Kier alpha value is -1.88. The summed E-state index contributed by atoms with van der Waals surface area (Å²) in [6.45, 7) is 6.25. The zero-order valence-corrected chi connectivity index (χ0v) is 15.3. The predicted octanol–water partition coefficient (Wildman–Crippen LogP) is 3.05. The summed E-state index contributed by atoms with van der Waals surface area (Å²) in [6, 6.07) is 5.44. The van der Waals surface area contributed by atoms with Crippen molar-refractivity contribution in [2.24, 2.45) is 0 Å². The van der Waals surface area contributed by atoms with Crippen molar-refractivity contribution in [2.75, 3.05) is 6.61 Å². The Labute approximate surface area is 149 Å². The number of Topliss-reactive ketones (excluding diaryl/α,β-unsaturated/α-hetero) is 1. The molecule has 136 valence electrons. The molecular weight excluding hydrogens is 318 g/mol. The molecule has 0 unspecified atom stereocenters. The highest BCUT2D eigenvalue weighted by molar-refractivity contribution is 5.98. The van der Waals surface area contributed by atoms with Crippen LogP contribution in [0.2, 0.25) is 0 Å². The molecule has 1 saturated heterocycles. The van der Waals surface area contributed by atoms with Gasteiger partial charge in [-0.2, -0.15) is 0 Å². The number of fused-ring (bicyclic) bond motifs is 1. The maximum absolute atomic E-state index is 12.6. The number of hydrogen-bond donors (Lipinski definition) is 1. The molecule has 0 bridgehead atoms. The van der Waals surface area contributed by atoms with Crippen LogP contribution in [0.15, 0.2) is 18.2 Å². The van der Waals surface area contributed by atoms with Crippen molar-refractivity contribution < 1.29 is 19.1 Å². The third kappa shape index (κ3) is 4.03. The number of benzene rings is 1. The fraction of sp³-hybridized carbons (Fsp3) is 0.600. The summed E-state index contributed by atoms with van der Waals surface area (Å²) in [5.74, 6) is 0.651. The van der Waals surface area contributed by atoms with Crippen molar-refractivity contribution in [3.8, 4) is 5.75 Å². The highest BCUT2D eigenvalue weighted by atomic mass is 16.5. The molecule has 0 aromatic heterocycles. The number of rotatable bonds is 5. The summed E-state index contributed by atoms with van der Waals surface area (Å²) in [6.07, 6.45) is 4.45. The van der Waals surface area contributed by atoms with Crippen molar-refractivity contribution in [3.63, 3.8) is 0 Å². The number of carbonyl (C=O) groups is 2. The van der Waals surface area contributed by atoms with Crippen LogP contribution < -0.4 is 10.1 Å². The van der Waals surface area contributed by atoms with E-state index in [0.717, 1.165) is 43.4 Å². The third-order valence-corrected chi connectivity index (χ3v) is 5.03. The van der Waals surface area contributed by atoms with E-state index in [4.69, 9.17) is 9.47 Å². The minimum atomic E-state index is -1.00. The topological polar surface area (TPSA) is 64.6 Å². The van der Waals surface area contributed by atoms with Crippen molar-refractivity contribution in [3.05, 3.63) is 29.3 Å². The van der Waals surface area contributed by atoms with E-state index in [1.807, 2.05) is 19.1 Å². The molecule has 1 aliphatic carbocycles. The summed E-state index contributed by atoms with van der Waals surface area (Å²) in [4.78, 5) is 24.6. The van der Waals surface area contributed by atoms with E-state index < -0.39 is 5.60 Å². The Morgan fingerprint density at radius 2 is 2.12 bits per heavy atom. The fourth-order valence-electron chi connectivity index (χ4n) is 3.50. The van der Waals surface area contributed by atoms with Gasteiger partial charge in [-0.3, -0.25) is 9.59 Å². The average Bonchev–Trinajstić information content (AvgIpc) is 3.09. The van der Waals surface area contributed by atoms with E-state index in [-0.39, 0.29) is 23.8 Å². The molecule has 5 nitrogen and oxygen atoms in total. The first kappa shape index (κ1) is 17.9. The van der Waals surface area contributed by atoms with Crippen LogP contribution in [0.25, 0.3) is 0 Å². The molecule has 1 aromatic rings. The van der Waals surface area contributed by atoms with Crippen LogP contribution in [-0.4, -0.2) is 36.0 Å². The van der Waals surface area contributed by atoms with Crippen molar-refractivity contribution in [1.29, 1.82) is 0 Å². The quantitative estimate of drug-likeness (QED) is 0.891. The molecule has 1 aromatic carbocycles. The first-order valence-electron chi connectivity index (χ1n) is 9.14. The van der Waals surface area contributed by atoms with Crippen molar-refractivity contribution >= 4 is 11.7 Å². The highest BCUT2D eigenvalue weighted by Gasteiger charge is 2.33. The highest BCUT2D eigenvalue weighted by Crippen LogP contribution is 2.27. The van der Waals surface area contributed by atoms with Gasteiger partial charge in [-0.1, -0.05) is 0 Å². The standard InChI is InChI=1S/C20H27NO4/c1-13(18-8-5-11-24-18)21-19(23)20(2,3)25-15-9-10-16-14(12-15)6-4-7-17(16)22/h9-10,12-13,18H,4-8,11H2,1-3H3,(H,21,23)/t13-,18-/m0/s1. The molecule has 1 aliphatic heterocycles. The second-order valence-corrected chi connectivity index (χ2v) is 7.52. The SMILES string of the molecule is C[C@H](NC(=O)C(C)(C)Oc1ccc2c(c1)CCCC2=O)[C@@H]1CCCO1. The number of ketones is 1. The second-order valence-electron chi connectivity index (χ2n) is 7.52. The van der Waals surface area contributed by atoms with Gasteiger partial charge in [-0.25, -0.2) is 0 Å². The zero-order chi connectivity index (χ0) is 18.0. The summed E-state index contributed by atoms with van der Waals surface area (Å²) < 4.78 is 11.6.